The maximum Gasteiger partial charge on any atom is 0.332 e. The Labute approximate surface area is 179 Å². The van der Waals surface area contributed by atoms with Crippen LogP contribution in [-0.4, -0.2) is 25.2 Å². The van der Waals surface area contributed by atoms with E-state index in [2.05, 4.69) is 17.0 Å². The van der Waals surface area contributed by atoms with Gasteiger partial charge in [0.2, 0.25) is 5.95 Å². The number of fused-ring (bicyclic) bond motifs is 3. The van der Waals surface area contributed by atoms with Crippen LogP contribution in [0.25, 0.3) is 11.2 Å². The molecule has 1 aliphatic heterocycles. The van der Waals surface area contributed by atoms with E-state index in [9.17, 15) is 9.59 Å². The van der Waals surface area contributed by atoms with Gasteiger partial charge in [0.05, 0.1) is 6.54 Å². The fourth-order valence-electron chi connectivity index (χ4n) is 4.42. The first kappa shape index (κ1) is 19.4. The lowest BCUT2D eigenvalue weighted by atomic mass is 10.1. The number of rotatable bonds is 4. The molecule has 4 aromatic rings. The average molecular weight is 415 g/mol. The summed E-state index contributed by atoms with van der Waals surface area (Å²) in [4.78, 5) is 33.4. The molecule has 0 atom stereocenters. The molecule has 0 radical (unpaired) electrons. The second-order valence-corrected chi connectivity index (χ2v) is 8.22. The van der Waals surface area contributed by atoms with Crippen molar-refractivity contribution in [3.63, 3.8) is 0 Å². The third-order valence-corrected chi connectivity index (χ3v) is 5.94. The van der Waals surface area contributed by atoms with Gasteiger partial charge in [-0.2, -0.15) is 4.98 Å². The van der Waals surface area contributed by atoms with Gasteiger partial charge >= 0.3 is 5.69 Å². The molecule has 0 amide bonds. The topological polar surface area (TPSA) is 65.1 Å². The van der Waals surface area contributed by atoms with Crippen LogP contribution < -0.4 is 16.1 Å². The van der Waals surface area contributed by atoms with Crippen molar-refractivity contribution in [2.45, 2.75) is 33.0 Å². The summed E-state index contributed by atoms with van der Waals surface area (Å²) in [6.45, 7) is 4.55. The van der Waals surface area contributed by atoms with Gasteiger partial charge in [-0.3, -0.25) is 13.9 Å². The second kappa shape index (κ2) is 7.58. The van der Waals surface area contributed by atoms with E-state index in [0.717, 1.165) is 43.1 Å². The van der Waals surface area contributed by atoms with E-state index >= 15 is 0 Å². The second-order valence-electron chi connectivity index (χ2n) is 8.22. The normalized spacial score (nSPS) is 13.5. The quantitative estimate of drug-likeness (QED) is 0.514. The summed E-state index contributed by atoms with van der Waals surface area (Å²) in [5.41, 5.74) is 3.55. The lowest BCUT2D eigenvalue weighted by Crippen LogP contribution is -2.40. The molecule has 0 unspecified atom stereocenters. The van der Waals surface area contributed by atoms with E-state index in [1.165, 1.54) is 14.7 Å². The average Bonchev–Trinajstić information content (AvgIpc) is 3.17. The molecule has 0 spiro atoms. The van der Waals surface area contributed by atoms with E-state index in [0.29, 0.717) is 11.2 Å². The number of hydrogen-bond acceptors (Lipinski definition) is 4. The van der Waals surface area contributed by atoms with Crippen molar-refractivity contribution in [3.05, 3.63) is 92.1 Å². The minimum Gasteiger partial charge on any atom is -0.338 e. The predicted molar refractivity (Wildman–Crippen MR) is 122 cm³/mol. The smallest absolute Gasteiger partial charge is 0.332 e. The van der Waals surface area contributed by atoms with Gasteiger partial charge in [0.25, 0.3) is 5.56 Å². The zero-order valence-corrected chi connectivity index (χ0v) is 17.8. The summed E-state index contributed by atoms with van der Waals surface area (Å²) < 4.78 is 4.80. The summed E-state index contributed by atoms with van der Waals surface area (Å²) in [5.74, 6) is 0.755. The van der Waals surface area contributed by atoms with Crippen LogP contribution >= 0.6 is 0 Å². The minimum atomic E-state index is -0.343. The van der Waals surface area contributed by atoms with Crippen LogP contribution in [0.15, 0.2) is 64.2 Å². The zero-order valence-electron chi connectivity index (χ0n) is 17.8. The highest BCUT2D eigenvalue weighted by molar-refractivity contribution is 5.75. The lowest BCUT2D eigenvalue weighted by Gasteiger charge is -2.29. The van der Waals surface area contributed by atoms with Crippen molar-refractivity contribution in [2.24, 2.45) is 7.05 Å². The van der Waals surface area contributed by atoms with Gasteiger partial charge in [-0.1, -0.05) is 60.2 Å². The van der Waals surface area contributed by atoms with Crippen LogP contribution in [0.5, 0.6) is 0 Å². The fraction of sp³-hybridized carbons (Fsp3) is 0.292. The molecular weight excluding hydrogens is 390 g/mol. The molecule has 158 valence electrons. The molecule has 5 rings (SSSR count). The summed E-state index contributed by atoms with van der Waals surface area (Å²) in [5, 5.41) is 0. The molecule has 0 fully saturated rings. The Hall–Kier alpha value is -3.61. The maximum absolute atomic E-state index is 13.5. The van der Waals surface area contributed by atoms with Crippen LogP contribution in [0.4, 0.5) is 5.95 Å². The van der Waals surface area contributed by atoms with Gasteiger partial charge in [-0.15, -0.1) is 0 Å². The molecule has 2 aromatic carbocycles. The first-order valence-electron chi connectivity index (χ1n) is 10.6. The molecule has 2 aromatic heterocycles. The summed E-state index contributed by atoms with van der Waals surface area (Å²) >= 11 is 0. The van der Waals surface area contributed by atoms with E-state index in [1.807, 2.05) is 54.0 Å². The molecular formula is C24H25N5O2. The van der Waals surface area contributed by atoms with Gasteiger partial charge in [0, 0.05) is 26.7 Å². The molecule has 0 aliphatic carbocycles. The number of nitrogens with zero attached hydrogens (tertiary/aromatic N) is 5. The third-order valence-electron chi connectivity index (χ3n) is 5.94. The monoisotopic (exact) mass is 415 g/mol. The highest BCUT2D eigenvalue weighted by Gasteiger charge is 2.26. The van der Waals surface area contributed by atoms with Crippen LogP contribution in [-0.2, 0) is 26.7 Å². The van der Waals surface area contributed by atoms with Crippen molar-refractivity contribution < 1.29 is 0 Å². The third kappa shape index (κ3) is 3.36. The Balaban J connectivity index is 1.63. The van der Waals surface area contributed by atoms with Gasteiger partial charge in [0.15, 0.2) is 11.2 Å². The maximum atomic E-state index is 13.5. The Morgan fingerprint density at radius 3 is 2.48 bits per heavy atom. The standard InChI is InChI=1S/C24H25N5O2/c1-17-8-6-11-19(14-17)16-29-22(30)20-21(26(2)24(29)31)25-23-27(12-7-13-28(20)23)15-18-9-4-3-5-10-18/h3-6,8-11,14H,7,12-13,15-16H2,1-2H3. The Kier molecular flexibility index (Phi) is 4.73. The van der Waals surface area contributed by atoms with E-state index in [1.54, 1.807) is 7.05 Å². The highest BCUT2D eigenvalue weighted by atomic mass is 16.2. The molecule has 3 heterocycles. The van der Waals surface area contributed by atoms with Gasteiger partial charge in [0.1, 0.15) is 0 Å². The van der Waals surface area contributed by atoms with Crippen molar-refractivity contribution in [1.29, 1.82) is 0 Å². The number of imidazole rings is 1. The minimum absolute atomic E-state index is 0.247. The van der Waals surface area contributed by atoms with Gasteiger partial charge in [-0.05, 0) is 24.5 Å². The predicted octanol–water partition coefficient (Wildman–Crippen LogP) is 2.66. The first-order chi connectivity index (χ1) is 15.0. The Morgan fingerprint density at radius 2 is 1.71 bits per heavy atom. The fourth-order valence-corrected chi connectivity index (χ4v) is 4.42. The molecule has 1 aliphatic rings. The van der Waals surface area contributed by atoms with Gasteiger partial charge in [-0.25, -0.2) is 4.79 Å². The van der Waals surface area contributed by atoms with Crippen LogP contribution in [0.3, 0.4) is 0 Å². The molecule has 0 saturated heterocycles. The largest absolute Gasteiger partial charge is 0.338 e. The summed E-state index contributed by atoms with van der Waals surface area (Å²) in [6.07, 6.45) is 0.922. The number of aryl methyl sites for hydroxylation is 3. The number of hydrogen-bond donors (Lipinski definition) is 0. The van der Waals surface area contributed by atoms with E-state index in [4.69, 9.17) is 4.98 Å². The number of benzene rings is 2. The number of anilines is 1. The first-order valence-corrected chi connectivity index (χ1v) is 10.6. The highest BCUT2D eigenvalue weighted by Crippen LogP contribution is 2.25. The summed E-state index contributed by atoms with van der Waals surface area (Å²) in [7, 11) is 1.69. The van der Waals surface area contributed by atoms with Gasteiger partial charge < -0.3 is 9.47 Å². The summed E-state index contributed by atoms with van der Waals surface area (Å²) in [6, 6.07) is 18.1. The van der Waals surface area contributed by atoms with Crippen LogP contribution in [0.2, 0.25) is 0 Å². The van der Waals surface area contributed by atoms with Crippen molar-refractivity contribution >= 4 is 17.1 Å². The number of aromatic nitrogens is 4. The molecule has 7 heteroatoms. The Bertz CT molecular complexity index is 1380. The van der Waals surface area contributed by atoms with Crippen LogP contribution in [0, 0.1) is 6.92 Å². The Morgan fingerprint density at radius 1 is 0.935 bits per heavy atom. The molecule has 0 saturated carbocycles. The van der Waals surface area contributed by atoms with Crippen molar-refractivity contribution in [2.75, 3.05) is 11.4 Å². The molecule has 7 nitrogen and oxygen atoms in total. The molecule has 0 bridgehead atoms. The molecule has 31 heavy (non-hydrogen) atoms. The van der Waals surface area contributed by atoms with E-state index < -0.39 is 0 Å². The van der Waals surface area contributed by atoms with E-state index in [-0.39, 0.29) is 17.8 Å². The molecule has 0 N–H and O–H groups in total. The van der Waals surface area contributed by atoms with Crippen LogP contribution in [0.1, 0.15) is 23.1 Å². The van der Waals surface area contributed by atoms with Crippen molar-refractivity contribution in [1.82, 2.24) is 18.7 Å². The lowest BCUT2D eigenvalue weighted by molar-refractivity contribution is 0.561. The SMILES string of the molecule is Cc1cccc(Cn2c(=O)c3c(nc4n3CCCN4Cc3ccccc3)n(C)c2=O)c1. The van der Waals surface area contributed by atoms with Crippen molar-refractivity contribution in [3.8, 4) is 0 Å². The zero-order chi connectivity index (χ0) is 21.5.